The molecule has 0 unspecified atom stereocenters. The molecule has 4 nitrogen and oxygen atoms in total. The minimum absolute atomic E-state index is 0.00986. The lowest BCUT2D eigenvalue weighted by atomic mass is 9.72. The van der Waals surface area contributed by atoms with Crippen molar-refractivity contribution >= 4 is 45.2 Å². The van der Waals surface area contributed by atoms with Crippen molar-refractivity contribution in [3.63, 3.8) is 0 Å². The molecule has 0 aliphatic heterocycles. The van der Waals surface area contributed by atoms with Gasteiger partial charge in [-0.1, -0.05) is 61.0 Å². The van der Waals surface area contributed by atoms with Crippen LogP contribution in [-0.2, 0) is 4.79 Å². The molecule has 1 aliphatic rings. The number of nitrogens with zero attached hydrogens (tertiary/aromatic N) is 1. The van der Waals surface area contributed by atoms with Gasteiger partial charge in [0.1, 0.15) is 5.82 Å². The number of benzene rings is 3. The Balaban J connectivity index is 1.88. The Morgan fingerprint density at radius 3 is 2.50 bits per heavy atom. The van der Waals surface area contributed by atoms with E-state index in [2.05, 4.69) is 16.8 Å². The quantitative estimate of drug-likeness (QED) is 0.230. The van der Waals surface area contributed by atoms with Crippen molar-refractivity contribution in [3.05, 3.63) is 107 Å². The highest BCUT2D eigenvalue weighted by atomic mass is 35.5. The lowest BCUT2D eigenvalue weighted by Crippen LogP contribution is -2.16. The average Bonchev–Trinajstić information content (AvgIpc) is 3.25. The van der Waals surface area contributed by atoms with Gasteiger partial charge >= 0.3 is 5.97 Å². The highest BCUT2D eigenvalue weighted by Crippen LogP contribution is 2.48. The van der Waals surface area contributed by atoms with Gasteiger partial charge in [0.15, 0.2) is 0 Å². The molecule has 4 aromatic rings. The summed E-state index contributed by atoms with van der Waals surface area (Å²) in [5.74, 6) is -1.27. The van der Waals surface area contributed by atoms with Crippen molar-refractivity contribution in [2.45, 2.75) is 19.3 Å². The van der Waals surface area contributed by atoms with E-state index in [9.17, 15) is 14.3 Å². The van der Waals surface area contributed by atoms with E-state index in [1.807, 2.05) is 30.3 Å². The van der Waals surface area contributed by atoms with Gasteiger partial charge in [0.05, 0.1) is 22.3 Å². The zero-order valence-corrected chi connectivity index (χ0v) is 19.1. The summed E-state index contributed by atoms with van der Waals surface area (Å²) < 4.78 is 14.0. The van der Waals surface area contributed by atoms with Gasteiger partial charge in [-0.2, -0.15) is 5.10 Å². The van der Waals surface area contributed by atoms with Crippen LogP contribution in [0.2, 0.25) is 5.02 Å². The number of rotatable bonds is 6. The van der Waals surface area contributed by atoms with Crippen molar-refractivity contribution in [1.29, 1.82) is 0 Å². The average molecular weight is 473 g/mol. The van der Waals surface area contributed by atoms with Crippen LogP contribution in [0.1, 0.15) is 41.5 Å². The molecule has 0 atom stereocenters. The van der Waals surface area contributed by atoms with Gasteiger partial charge < -0.3 is 5.11 Å². The lowest BCUT2D eigenvalue weighted by molar-refractivity contribution is -0.130. The van der Waals surface area contributed by atoms with E-state index < -0.39 is 11.8 Å². The summed E-state index contributed by atoms with van der Waals surface area (Å²) in [5.41, 5.74) is 5.72. The third kappa shape index (κ3) is 3.93. The molecule has 3 aromatic carbocycles. The summed E-state index contributed by atoms with van der Waals surface area (Å²) in [7, 11) is 0. The Morgan fingerprint density at radius 2 is 1.82 bits per heavy atom. The number of carboxylic acid groups (broad SMARTS) is 1. The van der Waals surface area contributed by atoms with E-state index in [0.29, 0.717) is 10.6 Å². The van der Waals surface area contributed by atoms with Crippen LogP contribution in [0.4, 0.5) is 4.39 Å². The number of aromatic nitrogens is 2. The summed E-state index contributed by atoms with van der Waals surface area (Å²) in [4.78, 5) is 11.9. The molecule has 170 valence electrons. The SMILES string of the molecule is C=C(C(=O)O)c1ccccc1/C(=C(/c1ccc(F)cc1Cl)C1CCC1)c1ccc2[nH]ncc2c1. The molecule has 0 bridgehead atoms. The van der Waals surface area contributed by atoms with Gasteiger partial charge in [-0.05, 0) is 76.4 Å². The number of carbonyl (C=O) groups is 1. The van der Waals surface area contributed by atoms with Gasteiger partial charge in [-0.25, -0.2) is 9.18 Å². The number of hydrogen-bond acceptors (Lipinski definition) is 2. The Bertz CT molecular complexity index is 1470. The molecule has 5 rings (SSSR count). The molecule has 2 N–H and O–H groups in total. The number of allylic oxidation sites excluding steroid dienone is 1. The Kier molecular flexibility index (Phi) is 5.80. The fourth-order valence-corrected chi connectivity index (χ4v) is 4.87. The number of nitrogens with one attached hydrogen (secondary N) is 1. The first-order valence-electron chi connectivity index (χ1n) is 11.1. The maximum atomic E-state index is 14.0. The smallest absolute Gasteiger partial charge is 0.335 e. The van der Waals surface area contributed by atoms with Gasteiger partial charge in [0.2, 0.25) is 0 Å². The first-order valence-corrected chi connectivity index (χ1v) is 11.5. The monoisotopic (exact) mass is 472 g/mol. The summed E-state index contributed by atoms with van der Waals surface area (Å²) >= 11 is 6.60. The third-order valence-corrected chi connectivity index (χ3v) is 6.83. The predicted octanol–water partition coefficient (Wildman–Crippen LogP) is 7.21. The second-order valence-electron chi connectivity index (χ2n) is 8.54. The molecule has 1 heterocycles. The van der Waals surface area contributed by atoms with E-state index in [4.69, 9.17) is 11.6 Å². The summed E-state index contributed by atoms with van der Waals surface area (Å²) in [6.07, 6.45) is 4.79. The van der Waals surface area contributed by atoms with Crippen LogP contribution >= 0.6 is 11.6 Å². The fourth-order valence-electron chi connectivity index (χ4n) is 4.60. The van der Waals surface area contributed by atoms with E-state index >= 15 is 0 Å². The van der Waals surface area contributed by atoms with Crippen LogP contribution in [-0.4, -0.2) is 21.3 Å². The topological polar surface area (TPSA) is 66.0 Å². The Labute approximate surface area is 201 Å². The molecule has 1 aliphatic carbocycles. The number of fused-ring (bicyclic) bond motifs is 1. The van der Waals surface area contributed by atoms with E-state index in [1.54, 1.807) is 24.4 Å². The molecule has 34 heavy (non-hydrogen) atoms. The van der Waals surface area contributed by atoms with Crippen molar-refractivity contribution in [2.24, 2.45) is 5.92 Å². The minimum Gasteiger partial charge on any atom is -0.478 e. The Hall–Kier alpha value is -3.70. The number of hydrogen-bond donors (Lipinski definition) is 2. The van der Waals surface area contributed by atoms with E-state index in [1.165, 1.54) is 12.1 Å². The first kappa shape index (κ1) is 22.1. The summed E-state index contributed by atoms with van der Waals surface area (Å²) in [6.45, 7) is 3.83. The molecule has 0 spiro atoms. The highest BCUT2D eigenvalue weighted by molar-refractivity contribution is 6.33. The van der Waals surface area contributed by atoms with Crippen LogP contribution in [0.15, 0.2) is 73.4 Å². The molecular formula is C28H22ClFN2O2. The van der Waals surface area contributed by atoms with Crippen LogP contribution < -0.4 is 0 Å². The lowest BCUT2D eigenvalue weighted by Gasteiger charge is -2.32. The van der Waals surface area contributed by atoms with Crippen LogP contribution in [0, 0.1) is 11.7 Å². The molecule has 0 saturated heterocycles. The molecule has 1 aromatic heterocycles. The highest BCUT2D eigenvalue weighted by Gasteiger charge is 2.30. The molecule has 1 fully saturated rings. The van der Waals surface area contributed by atoms with Crippen molar-refractivity contribution < 1.29 is 14.3 Å². The van der Waals surface area contributed by atoms with Gasteiger partial charge in [-0.15, -0.1) is 0 Å². The van der Waals surface area contributed by atoms with Crippen LogP contribution in [0.25, 0.3) is 27.6 Å². The number of aromatic amines is 1. The number of halogens is 2. The zero-order chi connectivity index (χ0) is 23.8. The number of aliphatic carboxylic acids is 1. The number of H-pyrrole nitrogens is 1. The van der Waals surface area contributed by atoms with Gasteiger partial charge in [0.25, 0.3) is 0 Å². The second-order valence-corrected chi connectivity index (χ2v) is 8.95. The largest absolute Gasteiger partial charge is 0.478 e. The standard InChI is InChI=1S/C28H22ClFN2O2/c1-16(28(33)34)21-7-2-3-8-22(21)27(18-9-12-25-19(13-18)15-31-32-25)26(17-5-4-6-17)23-11-10-20(30)14-24(23)29/h2-3,7-15,17H,1,4-6H2,(H,31,32)(H,33,34)/b27-26+. The second kappa shape index (κ2) is 8.92. The molecular weight excluding hydrogens is 451 g/mol. The molecule has 0 radical (unpaired) electrons. The van der Waals surface area contributed by atoms with Crippen LogP contribution in [0.3, 0.4) is 0 Å². The van der Waals surface area contributed by atoms with Crippen molar-refractivity contribution in [3.8, 4) is 0 Å². The maximum absolute atomic E-state index is 14.0. The maximum Gasteiger partial charge on any atom is 0.335 e. The first-order chi connectivity index (χ1) is 16.4. The number of carboxylic acids is 1. The zero-order valence-electron chi connectivity index (χ0n) is 18.3. The normalized spacial score (nSPS) is 14.5. The van der Waals surface area contributed by atoms with Crippen LogP contribution in [0.5, 0.6) is 0 Å². The predicted molar refractivity (Wildman–Crippen MR) is 134 cm³/mol. The summed E-state index contributed by atoms with van der Waals surface area (Å²) in [6, 6.07) is 17.8. The fraction of sp³-hybridized carbons (Fsp3) is 0.143. The van der Waals surface area contributed by atoms with E-state index in [-0.39, 0.29) is 11.5 Å². The molecule has 0 amide bonds. The van der Waals surface area contributed by atoms with Gasteiger partial charge in [-0.3, -0.25) is 5.10 Å². The van der Waals surface area contributed by atoms with Gasteiger partial charge in [0, 0.05) is 5.39 Å². The molecule has 1 saturated carbocycles. The van der Waals surface area contributed by atoms with E-state index in [0.717, 1.165) is 58.0 Å². The summed E-state index contributed by atoms with van der Waals surface area (Å²) in [5, 5.41) is 18.1. The third-order valence-electron chi connectivity index (χ3n) is 6.51. The Morgan fingerprint density at radius 1 is 1.06 bits per heavy atom. The minimum atomic E-state index is -1.08. The van der Waals surface area contributed by atoms with Crippen molar-refractivity contribution in [2.75, 3.05) is 0 Å². The molecule has 6 heteroatoms. The van der Waals surface area contributed by atoms with Crippen molar-refractivity contribution in [1.82, 2.24) is 10.2 Å².